The summed E-state index contributed by atoms with van der Waals surface area (Å²) in [7, 11) is 3.18. The Morgan fingerprint density at radius 3 is 2.50 bits per heavy atom. The molecule has 1 atom stereocenters. The molecule has 1 amide bonds. The largest absolute Gasteiger partial charge is 0.494 e. The van der Waals surface area contributed by atoms with Crippen LogP contribution in [0.5, 0.6) is 17.2 Å². The first-order valence-electron chi connectivity index (χ1n) is 7.84. The van der Waals surface area contributed by atoms with E-state index in [9.17, 15) is 4.79 Å². The van der Waals surface area contributed by atoms with Crippen LogP contribution in [0.2, 0.25) is 0 Å². The van der Waals surface area contributed by atoms with Gasteiger partial charge >= 0.3 is 0 Å². The van der Waals surface area contributed by atoms with Gasteiger partial charge in [0.1, 0.15) is 5.75 Å². The van der Waals surface area contributed by atoms with Gasteiger partial charge in [-0.3, -0.25) is 4.79 Å². The maximum atomic E-state index is 12.4. The molecule has 128 valence electrons. The van der Waals surface area contributed by atoms with Gasteiger partial charge in [0.15, 0.2) is 11.5 Å². The molecule has 0 saturated heterocycles. The summed E-state index contributed by atoms with van der Waals surface area (Å²) in [5.41, 5.74) is 1.50. The second-order valence-electron chi connectivity index (χ2n) is 5.27. The van der Waals surface area contributed by atoms with Crippen molar-refractivity contribution in [1.29, 1.82) is 0 Å². The van der Waals surface area contributed by atoms with Crippen LogP contribution in [-0.4, -0.2) is 26.7 Å². The molecular weight excluding hydrogens is 306 g/mol. The predicted octanol–water partition coefficient (Wildman–Crippen LogP) is 3.59. The number of benzene rings is 2. The smallest absolute Gasteiger partial charge is 0.251 e. The third-order valence-electron chi connectivity index (χ3n) is 3.66. The Morgan fingerprint density at radius 2 is 1.83 bits per heavy atom. The van der Waals surface area contributed by atoms with Gasteiger partial charge in [-0.25, -0.2) is 0 Å². The maximum absolute atomic E-state index is 12.4. The highest BCUT2D eigenvalue weighted by Crippen LogP contribution is 2.30. The number of nitrogens with one attached hydrogen (secondary N) is 1. The van der Waals surface area contributed by atoms with Crippen LogP contribution in [0.15, 0.2) is 42.5 Å². The van der Waals surface area contributed by atoms with E-state index in [-0.39, 0.29) is 11.9 Å². The fourth-order valence-corrected chi connectivity index (χ4v) is 2.38. The van der Waals surface area contributed by atoms with E-state index in [1.54, 1.807) is 32.4 Å². The Hall–Kier alpha value is -2.69. The van der Waals surface area contributed by atoms with E-state index in [1.807, 2.05) is 38.1 Å². The number of methoxy groups -OCH3 is 2. The average molecular weight is 329 g/mol. The zero-order valence-electron chi connectivity index (χ0n) is 14.5. The summed E-state index contributed by atoms with van der Waals surface area (Å²) in [6.45, 7) is 4.39. The lowest BCUT2D eigenvalue weighted by Gasteiger charge is -2.17. The summed E-state index contributed by atoms with van der Waals surface area (Å²) in [6, 6.07) is 12.6. The number of amides is 1. The molecule has 5 heteroatoms. The minimum absolute atomic E-state index is 0.154. The molecule has 1 unspecified atom stereocenters. The summed E-state index contributed by atoms with van der Waals surface area (Å²) < 4.78 is 16.0. The van der Waals surface area contributed by atoms with E-state index in [1.165, 1.54) is 0 Å². The number of carbonyl (C=O) groups excluding carboxylic acids is 1. The first-order chi connectivity index (χ1) is 11.6. The van der Waals surface area contributed by atoms with Gasteiger partial charge < -0.3 is 19.5 Å². The van der Waals surface area contributed by atoms with Crippen LogP contribution in [0.3, 0.4) is 0 Å². The highest BCUT2D eigenvalue weighted by Gasteiger charge is 2.14. The zero-order chi connectivity index (χ0) is 17.5. The van der Waals surface area contributed by atoms with E-state index < -0.39 is 0 Å². The molecule has 0 fully saturated rings. The second kappa shape index (κ2) is 8.24. The minimum atomic E-state index is -0.173. The Balaban J connectivity index is 2.12. The lowest BCUT2D eigenvalue weighted by molar-refractivity contribution is 0.0939. The number of rotatable bonds is 7. The van der Waals surface area contributed by atoms with Gasteiger partial charge in [-0.05, 0) is 49.7 Å². The van der Waals surface area contributed by atoms with Crippen molar-refractivity contribution in [3.05, 3.63) is 53.6 Å². The van der Waals surface area contributed by atoms with Gasteiger partial charge in [0.25, 0.3) is 5.91 Å². The van der Waals surface area contributed by atoms with Crippen LogP contribution in [0.25, 0.3) is 0 Å². The van der Waals surface area contributed by atoms with Gasteiger partial charge in [0.05, 0.1) is 26.9 Å². The van der Waals surface area contributed by atoms with E-state index >= 15 is 0 Å². The van der Waals surface area contributed by atoms with Gasteiger partial charge in [0.2, 0.25) is 0 Å². The first-order valence-corrected chi connectivity index (χ1v) is 7.84. The molecule has 2 rings (SSSR count). The summed E-state index contributed by atoms with van der Waals surface area (Å²) in [5, 5.41) is 2.98. The quantitative estimate of drug-likeness (QED) is 0.843. The highest BCUT2D eigenvalue weighted by molar-refractivity contribution is 5.94. The van der Waals surface area contributed by atoms with Crippen molar-refractivity contribution >= 4 is 5.91 Å². The van der Waals surface area contributed by atoms with Crippen LogP contribution in [0, 0.1) is 0 Å². The topological polar surface area (TPSA) is 56.8 Å². The molecule has 2 aromatic rings. The average Bonchev–Trinajstić information content (AvgIpc) is 2.61. The van der Waals surface area contributed by atoms with Crippen molar-refractivity contribution in [2.45, 2.75) is 19.9 Å². The van der Waals surface area contributed by atoms with Gasteiger partial charge in [-0.15, -0.1) is 0 Å². The summed E-state index contributed by atoms with van der Waals surface area (Å²) in [6.07, 6.45) is 0. The molecule has 0 aliphatic rings. The number of hydrogen-bond acceptors (Lipinski definition) is 4. The summed E-state index contributed by atoms with van der Waals surface area (Å²) >= 11 is 0. The van der Waals surface area contributed by atoms with Crippen LogP contribution >= 0.6 is 0 Å². The lowest BCUT2D eigenvalue weighted by atomic mass is 10.1. The highest BCUT2D eigenvalue weighted by atomic mass is 16.5. The molecule has 1 N–H and O–H groups in total. The van der Waals surface area contributed by atoms with Gasteiger partial charge in [-0.1, -0.05) is 12.1 Å². The number of carbonyl (C=O) groups is 1. The van der Waals surface area contributed by atoms with Crippen LogP contribution in [0.1, 0.15) is 35.8 Å². The predicted molar refractivity (Wildman–Crippen MR) is 93.0 cm³/mol. The van der Waals surface area contributed by atoms with Crippen molar-refractivity contribution < 1.29 is 19.0 Å². The Bertz CT molecular complexity index is 700. The number of ether oxygens (including phenoxy) is 3. The fourth-order valence-electron chi connectivity index (χ4n) is 2.38. The molecule has 2 aromatic carbocycles. The lowest BCUT2D eigenvalue weighted by Crippen LogP contribution is -2.26. The molecular formula is C19H23NO4. The Labute approximate surface area is 142 Å². The summed E-state index contributed by atoms with van der Waals surface area (Å²) in [5.74, 6) is 1.82. The molecule has 0 aliphatic heterocycles. The molecule has 0 saturated carbocycles. The molecule has 24 heavy (non-hydrogen) atoms. The maximum Gasteiger partial charge on any atom is 0.251 e. The molecule has 0 bridgehead atoms. The Kier molecular flexibility index (Phi) is 6.07. The van der Waals surface area contributed by atoms with E-state index in [0.717, 1.165) is 5.56 Å². The third kappa shape index (κ3) is 4.19. The van der Waals surface area contributed by atoms with Crippen molar-refractivity contribution in [1.82, 2.24) is 5.32 Å². The van der Waals surface area contributed by atoms with Crippen LogP contribution < -0.4 is 19.5 Å². The zero-order valence-corrected chi connectivity index (χ0v) is 14.5. The normalized spacial score (nSPS) is 11.5. The molecule has 0 radical (unpaired) electrons. The van der Waals surface area contributed by atoms with E-state index in [0.29, 0.717) is 29.4 Å². The molecule has 0 aromatic heterocycles. The first kappa shape index (κ1) is 17.7. The van der Waals surface area contributed by atoms with Crippen molar-refractivity contribution in [2.24, 2.45) is 0 Å². The van der Waals surface area contributed by atoms with Crippen molar-refractivity contribution in [3.63, 3.8) is 0 Å². The van der Waals surface area contributed by atoms with Crippen LogP contribution in [-0.2, 0) is 0 Å². The van der Waals surface area contributed by atoms with Crippen molar-refractivity contribution in [3.8, 4) is 17.2 Å². The Morgan fingerprint density at radius 1 is 1.08 bits per heavy atom. The van der Waals surface area contributed by atoms with Gasteiger partial charge in [-0.2, -0.15) is 0 Å². The number of hydrogen-bond donors (Lipinski definition) is 1. The third-order valence-corrected chi connectivity index (χ3v) is 3.66. The molecule has 5 nitrogen and oxygen atoms in total. The van der Waals surface area contributed by atoms with Crippen LogP contribution in [0.4, 0.5) is 0 Å². The molecule has 0 heterocycles. The minimum Gasteiger partial charge on any atom is -0.494 e. The SMILES string of the molecule is CCOc1cccc(C(=O)NC(C)c2ccc(OC)c(OC)c2)c1. The van der Waals surface area contributed by atoms with Crippen molar-refractivity contribution in [2.75, 3.05) is 20.8 Å². The van der Waals surface area contributed by atoms with Gasteiger partial charge in [0, 0.05) is 5.56 Å². The second-order valence-corrected chi connectivity index (χ2v) is 5.27. The van der Waals surface area contributed by atoms with E-state index in [2.05, 4.69) is 5.32 Å². The fraction of sp³-hybridized carbons (Fsp3) is 0.316. The monoisotopic (exact) mass is 329 g/mol. The molecule has 0 aliphatic carbocycles. The summed E-state index contributed by atoms with van der Waals surface area (Å²) in [4.78, 5) is 12.4. The van der Waals surface area contributed by atoms with E-state index in [4.69, 9.17) is 14.2 Å². The molecule has 0 spiro atoms. The standard InChI is InChI=1S/C19H23NO4/c1-5-24-16-8-6-7-15(11-16)19(21)20-13(2)14-9-10-17(22-3)18(12-14)23-4/h6-13H,5H2,1-4H3,(H,20,21).